The van der Waals surface area contributed by atoms with Crippen LogP contribution >= 0.6 is 0 Å². The van der Waals surface area contributed by atoms with Gasteiger partial charge in [0.05, 0.1) is 12.6 Å². The Balaban J connectivity index is 1.66. The predicted octanol–water partition coefficient (Wildman–Crippen LogP) is 0.413. The van der Waals surface area contributed by atoms with Gasteiger partial charge in [-0.1, -0.05) is 32.0 Å². The molecule has 0 aromatic heterocycles. The molecule has 1 aromatic rings. The number of anilines is 1. The number of amides is 2. The fourth-order valence-corrected chi connectivity index (χ4v) is 3.10. The van der Waals surface area contributed by atoms with E-state index in [0.29, 0.717) is 6.54 Å². The first-order chi connectivity index (χ1) is 12.9. The summed E-state index contributed by atoms with van der Waals surface area (Å²) in [7, 11) is 0. The van der Waals surface area contributed by atoms with Crippen molar-refractivity contribution in [3.8, 4) is 0 Å². The van der Waals surface area contributed by atoms with E-state index >= 15 is 0 Å². The summed E-state index contributed by atoms with van der Waals surface area (Å²) in [6, 6.07) is 10.1. The Morgan fingerprint density at radius 2 is 1.67 bits per heavy atom. The van der Waals surface area contributed by atoms with Crippen molar-refractivity contribution in [2.75, 3.05) is 44.2 Å². The summed E-state index contributed by atoms with van der Waals surface area (Å²) < 4.78 is 0. The van der Waals surface area contributed by atoms with Gasteiger partial charge < -0.3 is 21.3 Å². The molecule has 0 spiro atoms. The Hall–Kier alpha value is -2.12. The molecule has 27 heavy (non-hydrogen) atoms. The summed E-state index contributed by atoms with van der Waals surface area (Å²) >= 11 is 0. The topological polar surface area (TPSA) is 90.7 Å². The fraction of sp³-hybridized carbons (Fsp3) is 0.600. The van der Waals surface area contributed by atoms with Gasteiger partial charge in [0.15, 0.2) is 0 Å². The van der Waals surface area contributed by atoms with Crippen LogP contribution in [0.2, 0.25) is 0 Å². The summed E-state index contributed by atoms with van der Waals surface area (Å²) in [5.41, 5.74) is 7.02. The number of hydrogen-bond donors (Lipinski definition) is 3. The molecular formula is C20H33N5O2. The van der Waals surface area contributed by atoms with Crippen molar-refractivity contribution < 1.29 is 9.59 Å². The van der Waals surface area contributed by atoms with Crippen LogP contribution in [0.1, 0.15) is 20.8 Å². The number of nitrogens with zero attached hydrogens (tertiary/aromatic N) is 2. The van der Waals surface area contributed by atoms with Gasteiger partial charge in [0.1, 0.15) is 0 Å². The number of piperazine rings is 1. The molecular weight excluding hydrogens is 342 g/mol. The van der Waals surface area contributed by atoms with Crippen LogP contribution < -0.4 is 21.3 Å². The van der Waals surface area contributed by atoms with E-state index in [1.165, 1.54) is 5.69 Å². The van der Waals surface area contributed by atoms with Crippen molar-refractivity contribution in [2.24, 2.45) is 11.7 Å². The van der Waals surface area contributed by atoms with Gasteiger partial charge in [0.25, 0.3) is 0 Å². The third-order valence-electron chi connectivity index (χ3n) is 5.10. The smallest absolute Gasteiger partial charge is 0.239 e. The summed E-state index contributed by atoms with van der Waals surface area (Å²) in [5.74, 6) is -0.429. The molecule has 4 N–H and O–H groups in total. The Labute approximate surface area is 162 Å². The lowest BCUT2D eigenvalue weighted by molar-refractivity contribution is -0.127. The molecule has 1 heterocycles. The van der Waals surface area contributed by atoms with Crippen molar-refractivity contribution in [3.05, 3.63) is 30.3 Å². The second-order valence-corrected chi connectivity index (χ2v) is 7.50. The molecule has 1 aromatic carbocycles. The zero-order chi connectivity index (χ0) is 19.8. The monoisotopic (exact) mass is 375 g/mol. The minimum Gasteiger partial charge on any atom is -0.369 e. The molecule has 0 aliphatic carbocycles. The molecule has 1 fully saturated rings. The number of nitrogens with one attached hydrogen (secondary N) is 2. The number of carbonyl (C=O) groups excluding carboxylic acids is 2. The van der Waals surface area contributed by atoms with Gasteiger partial charge in [0, 0.05) is 44.5 Å². The number of carbonyl (C=O) groups is 2. The zero-order valence-electron chi connectivity index (χ0n) is 16.6. The number of para-hydroxylation sites is 1. The molecule has 1 aliphatic rings. The van der Waals surface area contributed by atoms with Crippen molar-refractivity contribution >= 4 is 17.5 Å². The molecule has 2 rings (SSSR count). The first-order valence-corrected chi connectivity index (χ1v) is 9.72. The zero-order valence-corrected chi connectivity index (χ0v) is 16.6. The number of rotatable bonds is 8. The molecule has 0 bridgehead atoms. The minimum absolute atomic E-state index is 0.0340. The van der Waals surface area contributed by atoms with E-state index in [1.807, 2.05) is 19.9 Å². The average molecular weight is 376 g/mol. The van der Waals surface area contributed by atoms with E-state index in [0.717, 1.165) is 26.2 Å². The second kappa shape index (κ2) is 10.3. The number of nitrogens with two attached hydrogens (primary N) is 1. The number of hydrogen-bond acceptors (Lipinski definition) is 5. The summed E-state index contributed by atoms with van der Waals surface area (Å²) in [6.45, 7) is 10.3. The van der Waals surface area contributed by atoms with E-state index in [9.17, 15) is 9.59 Å². The lowest BCUT2D eigenvalue weighted by Crippen LogP contribution is -2.53. The summed E-state index contributed by atoms with van der Waals surface area (Å²) in [6.07, 6.45) is 0. The molecule has 7 nitrogen and oxygen atoms in total. The van der Waals surface area contributed by atoms with Gasteiger partial charge in [-0.05, 0) is 25.0 Å². The maximum atomic E-state index is 12.0. The van der Waals surface area contributed by atoms with Crippen molar-refractivity contribution in [2.45, 2.75) is 32.9 Å². The summed E-state index contributed by atoms with van der Waals surface area (Å²) in [4.78, 5) is 28.5. The highest BCUT2D eigenvalue weighted by Crippen LogP contribution is 2.16. The van der Waals surface area contributed by atoms with Gasteiger partial charge in [-0.3, -0.25) is 14.5 Å². The summed E-state index contributed by atoms with van der Waals surface area (Å²) in [5, 5.41) is 5.49. The largest absolute Gasteiger partial charge is 0.369 e. The van der Waals surface area contributed by atoms with E-state index < -0.39 is 6.04 Å². The van der Waals surface area contributed by atoms with Crippen LogP contribution in [0.5, 0.6) is 0 Å². The standard InChI is InChI=1S/C20H33N5O2/c1-15(2)19(21)20(27)23-14-18(26)22-13-16(3)24-9-11-25(12-10-24)17-7-5-4-6-8-17/h4-8,15-16,19H,9-14,21H2,1-3H3,(H,22,26)(H,23,27)/t16?,19-/m0/s1. The molecule has 150 valence electrons. The van der Waals surface area contributed by atoms with Gasteiger partial charge in [0.2, 0.25) is 11.8 Å². The third-order valence-corrected chi connectivity index (χ3v) is 5.10. The fourth-order valence-electron chi connectivity index (χ4n) is 3.10. The SMILES string of the molecule is CC(C)[C@H](N)C(=O)NCC(=O)NCC(C)N1CCN(c2ccccc2)CC1. The Morgan fingerprint density at radius 3 is 2.26 bits per heavy atom. The highest BCUT2D eigenvalue weighted by atomic mass is 16.2. The van der Waals surface area contributed by atoms with Crippen molar-refractivity contribution in [3.63, 3.8) is 0 Å². The van der Waals surface area contributed by atoms with Crippen LogP contribution in [0.3, 0.4) is 0 Å². The quantitative estimate of drug-likeness (QED) is 0.612. The maximum Gasteiger partial charge on any atom is 0.239 e. The van der Waals surface area contributed by atoms with E-state index in [-0.39, 0.29) is 30.3 Å². The lowest BCUT2D eigenvalue weighted by atomic mass is 10.1. The van der Waals surface area contributed by atoms with Gasteiger partial charge in [-0.2, -0.15) is 0 Å². The molecule has 1 unspecified atom stereocenters. The first kappa shape index (κ1) is 21.2. The molecule has 0 saturated carbocycles. The molecule has 0 radical (unpaired) electrons. The van der Waals surface area contributed by atoms with Crippen LogP contribution in [-0.2, 0) is 9.59 Å². The van der Waals surface area contributed by atoms with Crippen LogP contribution in [-0.4, -0.2) is 68.1 Å². The highest BCUT2D eigenvalue weighted by Gasteiger charge is 2.22. The second-order valence-electron chi connectivity index (χ2n) is 7.50. The molecule has 1 aliphatic heterocycles. The maximum absolute atomic E-state index is 12.0. The minimum atomic E-state index is -0.586. The van der Waals surface area contributed by atoms with E-state index in [1.54, 1.807) is 0 Å². The van der Waals surface area contributed by atoms with Crippen LogP contribution in [0, 0.1) is 5.92 Å². The highest BCUT2D eigenvalue weighted by molar-refractivity contribution is 5.87. The van der Waals surface area contributed by atoms with Crippen LogP contribution in [0.4, 0.5) is 5.69 Å². The Bertz CT molecular complexity index is 600. The first-order valence-electron chi connectivity index (χ1n) is 9.72. The van der Waals surface area contributed by atoms with E-state index in [4.69, 9.17) is 5.73 Å². The van der Waals surface area contributed by atoms with Gasteiger partial charge >= 0.3 is 0 Å². The third kappa shape index (κ3) is 6.52. The van der Waals surface area contributed by atoms with Gasteiger partial charge in [-0.15, -0.1) is 0 Å². The Kier molecular flexibility index (Phi) is 8.06. The molecule has 7 heteroatoms. The predicted molar refractivity (Wildman–Crippen MR) is 109 cm³/mol. The molecule has 2 amide bonds. The normalized spacial score (nSPS) is 17.4. The van der Waals surface area contributed by atoms with Crippen LogP contribution in [0.15, 0.2) is 30.3 Å². The average Bonchev–Trinajstić information content (AvgIpc) is 2.70. The van der Waals surface area contributed by atoms with Gasteiger partial charge in [-0.25, -0.2) is 0 Å². The lowest BCUT2D eigenvalue weighted by Gasteiger charge is -2.39. The van der Waals surface area contributed by atoms with E-state index in [2.05, 4.69) is 51.6 Å². The molecule has 2 atom stereocenters. The number of benzene rings is 1. The van der Waals surface area contributed by atoms with Crippen LogP contribution in [0.25, 0.3) is 0 Å². The van der Waals surface area contributed by atoms with Crippen molar-refractivity contribution in [1.29, 1.82) is 0 Å². The van der Waals surface area contributed by atoms with Crippen molar-refractivity contribution in [1.82, 2.24) is 15.5 Å². The Morgan fingerprint density at radius 1 is 1.04 bits per heavy atom. The molecule has 1 saturated heterocycles.